The SMILES string of the molecule is CC1=C(Br)C(=O)C(=O)c2c(C(=O)c3ccc(OCc4nccs4)cc3)coc21. The molecule has 0 aliphatic heterocycles. The molecule has 140 valence electrons. The lowest BCUT2D eigenvalue weighted by Crippen LogP contribution is -2.22. The van der Waals surface area contributed by atoms with Gasteiger partial charge in [0.1, 0.15) is 29.4 Å². The van der Waals surface area contributed by atoms with Crippen molar-refractivity contribution in [3.05, 3.63) is 74.0 Å². The Morgan fingerprint density at radius 3 is 2.64 bits per heavy atom. The van der Waals surface area contributed by atoms with Crippen molar-refractivity contribution in [2.75, 3.05) is 0 Å². The van der Waals surface area contributed by atoms with Crippen molar-refractivity contribution in [3.8, 4) is 5.75 Å². The monoisotopic (exact) mass is 457 g/mol. The van der Waals surface area contributed by atoms with Gasteiger partial charge in [0.05, 0.1) is 15.6 Å². The standard InChI is InChI=1S/C20H12BrNO5S/c1-10-16(21)19(25)18(24)15-13(8-27-20(10)15)17(23)11-2-4-12(5-3-11)26-9-14-22-6-7-28-14/h2-8H,9H2,1H3. The Morgan fingerprint density at radius 1 is 1.21 bits per heavy atom. The van der Waals surface area contributed by atoms with Gasteiger partial charge in [0, 0.05) is 22.7 Å². The van der Waals surface area contributed by atoms with Crippen LogP contribution in [0, 0.1) is 0 Å². The van der Waals surface area contributed by atoms with Crippen molar-refractivity contribution < 1.29 is 23.5 Å². The predicted molar refractivity (Wildman–Crippen MR) is 106 cm³/mol. The van der Waals surface area contributed by atoms with Gasteiger partial charge in [-0.3, -0.25) is 14.4 Å². The van der Waals surface area contributed by atoms with Crippen molar-refractivity contribution in [2.24, 2.45) is 0 Å². The number of nitrogens with zero attached hydrogens (tertiary/aromatic N) is 1. The van der Waals surface area contributed by atoms with E-state index in [2.05, 4.69) is 20.9 Å². The van der Waals surface area contributed by atoms with Crippen LogP contribution >= 0.6 is 27.3 Å². The third-order valence-electron chi connectivity index (χ3n) is 4.30. The number of carbonyl (C=O) groups excluding carboxylic acids is 3. The number of rotatable bonds is 5. The van der Waals surface area contributed by atoms with Crippen LogP contribution in [0.2, 0.25) is 0 Å². The average molecular weight is 458 g/mol. The maximum atomic E-state index is 12.9. The summed E-state index contributed by atoms with van der Waals surface area (Å²) in [5.74, 6) is -1.01. The highest BCUT2D eigenvalue weighted by Crippen LogP contribution is 2.35. The lowest BCUT2D eigenvalue weighted by molar-refractivity contribution is -0.111. The molecular weight excluding hydrogens is 446 g/mol. The third-order valence-corrected chi connectivity index (χ3v) is 6.01. The van der Waals surface area contributed by atoms with Crippen molar-refractivity contribution in [1.82, 2.24) is 4.98 Å². The minimum atomic E-state index is -0.757. The second-order valence-electron chi connectivity index (χ2n) is 6.02. The van der Waals surface area contributed by atoms with Gasteiger partial charge < -0.3 is 9.15 Å². The molecule has 4 rings (SSSR count). The van der Waals surface area contributed by atoms with E-state index in [1.54, 1.807) is 37.4 Å². The number of Topliss-reactive ketones (excluding diaryl/α,β-unsaturated/α-hetero) is 2. The van der Waals surface area contributed by atoms with Crippen LogP contribution in [0.5, 0.6) is 5.75 Å². The molecule has 0 amide bonds. The minimum Gasteiger partial charge on any atom is -0.486 e. The molecule has 0 saturated heterocycles. The first kappa shape index (κ1) is 18.5. The van der Waals surface area contributed by atoms with E-state index in [0.717, 1.165) is 5.01 Å². The summed E-state index contributed by atoms with van der Waals surface area (Å²) in [6.07, 6.45) is 2.93. The number of fused-ring (bicyclic) bond motifs is 1. The molecular formula is C20H12BrNO5S. The fourth-order valence-electron chi connectivity index (χ4n) is 2.84. The molecule has 1 aromatic carbocycles. The number of carbonyl (C=O) groups is 3. The minimum absolute atomic E-state index is 0.0137. The highest BCUT2D eigenvalue weighted by Gasteiger charge is 2.36. The Kier molecular flexibility index (Phi) is 4.82. The van der Waals surface area contributed by atoms with Crippen LogP contribution in [-0.4, -0.2) is 22.3 Å². The molecule has 0 N–H and O–H groups in total. The zero-order valence-electron chi connectivity index (χ0n) is 14.5. The van der Waals surface area contributed by atoms with Gasteiger partial charge >= 0.3 is 0 Å². The fraction of sp³-hybridized carbons (Fsp3) is 0.100. The van der Waals surface area contributed by atoms with Gasteiger partial charge in [-0.25, -0.2) is 4.98 Å². The number of halogens is 1. The molecule has 0 bridgehead atoms. The number of thiazole rings is 1. The van der Waals surface area contributed by atoms with E-state index in [1.807, 2.05) is 5.38 Å². The number of benzene rings is 1. The summed E-state index contributed by atoms with van der Waals surface area (Å²) in [6.45, 7) is 2.00. The largest absolute Gasteiger partial charge is 0.486 e. The first-order valence-corrected chi connectivity index (χ1v) is 9.88. The molecule has 0 atom stereocenters. The Bertz CT molecular complexity index is 1130. The zero-order chi connectivity index (χ0) is 19.8. The molecule has 6 nitrogen and oxygen atoms in total. The fourth-order valence-corrected chi connectivity index (χ4v) is 3.72. The Morgan fingerprint density at radius 2 is 1.96 bits per heavy atom. The lowest BCUT2D eigenvalue weighted by atomic mass is 9.91. The second kappa shape index (κ2) is 7.29. The number of ketones is 3. The van der Waals surface area contributed by atoms with Crippen LogP contribution in [0.15, 0.2) is 51.0 Å². The molecule has 0 spiro atoms. The van der Waals surface area contributed by atoms with Crippen LogP contribution in [0.1, 0.15) is 44.0 Å². The molecule has 3 aromatic rings. The van der Waals surface area contributed by atoms with Gasteiger partial charge in [0.15, 0.2) is 5.78 Å². The Balaban J connectivity index is 1.58. The van der Waals surface area contributed by atoms with Crippen LogP contribution in [0.25, 0.3) is 5.57 Å². The van der Waals surface area contributed by atoms with Gasteiger partial charge in [0.2, 0.25) is 11.6 Å². The smallest absolute Gasteiger partial charge is 0.241 e. The average Bonchev–Trinajstić information content (AvgIpc) is 3.39. The van der Waals surface area contributed by atoms with Gasteiger partial charge in [-0.2, -0.15) is 0 Å². The highest BCUT2D eigenvalue weighted by atomic mass is 79.9. The van der Waals surface area contributed by atoms with E-state index >= 15 is 0 Å². The number of aromatic nitrogens is 1. The number of hydrogen-bond donors (Lipinski definition) is 0. The number of hydrogen-bond acceptors (Lipinski definition) is 7. The van der Waals surface area contributed by atoms with Gasteiger partial charge in [0.25, 0.3) is 0 Å². The first-order valence-electron chi connectivity index (χ1n) is 8.20. The van der Waals surface area contributed by atoms with Crippen LogP contribution < -0.4 is 4.74 Å². The van der Waals surface area contributed by atoms with Crippen LogP contribution in [-0.2, 0) is 11.4 Å². The van der Waals surface area contributed by atoms with E-state index in [4.69, 9.17) is 9.15 Å². The van der Waals surface area contributed by atoms with Gasteiger partial charge in [-0.1, -0.05) is 0 Å². The van der Waals surface area contributed by atoms with Crippen LogP contribution in [0.3, 0.4) is 0 Å². The van der Waals surface area contributed by atoms with E-state index in [1.165, 1.54) is 17.6 Å². The molecule has 0 radical (unpaired) electrons. The van der Waals surface area contributed by atoms with E-state index in [9.17, 15) is 14.4 Å². The topological polar surface area (TPSA) is 86.5 Å². The quantitative estimate of drug-likeness (QED) is 0.415. The number of allylic oxidation sites excluding steroid dienone is 2. The lowest BCUT2D eigenvalue weighted by Gasteiger charge is -2.11. The summed E-state index contributed by atoms with van der Waals surface area (Å²) in [5, 5.41) is 2.72. The molecule has 1 aliphatic rings. The molecule has 28 heavy (non-hydrogen) atoms. The molecule has 2 heterocycles. The van der Waals surface area contributed by atoms with Crippen molar-refractivity contribution in [3.63, 3.8) is 0 Å². The van der Waals surface area contributed by atoms with Crippen molar-refractivity contribution in [2.45, 2.75) is 13.5 Å². The molecule has 0 saturated carbocycles. The van der Waals surface area contributed by atoms with E-state index < -0.39 is 17.3 Å². The summed E-state index contributed by atoms with van der Waals surface area (Å²) < 4.78 is 11.2. The Hall–Kier alpha value is -2.84. The van der Waals surface area contributed by atoms with Crippen molar-refractivity contribution >= 4 is 50.2 Å². The summed E-state index contributed by atoms with van der Waals surface area (Å²) in [7, 11) is 0. The Labute approximate surface area is 172 Å². The molecule has 2 aromatic heterocycles. The molecule has 1 aliphatic carbocycles. The van der Waals surface area contributed by atoms with E-state index in [-0.39, 0.29) is 21.4 Å². The third kappa shape index (κ3) is 3.14. The van der Waals surface area contributed by atoms with Gasteiger partial charge in [-0.15, -0.1) is 11.3 Å². The number of ether oxygens (including phenoxy) is 1. The molecule has 8 heteroatoms. The summed E-state index contributed by atoms with van der Waals surface area (Å²) in [4.78, 5) is 41.5. The second-order valence-corrected chi connectivity index (χ2v) is 7.79. The predicted octanol–water partition coefficient (Wildman–Crippen LogP) is 4.44. The maximum absolute atomic E-state index is 12.9. The van der Waals surface area contributed by atoms with E-state index in [0.29, 0.717) is 23.5 Å². The van der Waals surface area contributed by atoms with Gasteiger partial charge in [-0.05, 0) is 47.1 Å². The normalized spacial score (nSPS) is 13.6. The molecule has 0 fully saturated rings. The number of furan rings is 1. The highest BCUT2D eigenvalue weighted by molar-refractivity contribution is 9.12. The maximum Gasteiger partial charge on any atom is 0.241 e. The summed E-state index contributed by atoms with van der Waals surface area (Å²) in [5.41, 5.74) is 0.935. The first-order chi connectivity index (χ1) is 13.5. The molecule has 0 unspecified atom stereocenters. The zero-order valence-corrected chi connectivity index (χ0v) is 16.9. The summed E-state index contributed by atoms with van der Waals surface area (Å²) >= 11 is 4.60. The van der Waals surface area contributed by atoms with Crippen LogP contribution in [0.4, 0.5) is 0 Å². The summed E-state index contributed by atoms with van der Waals surface area (Å²) in [6, 6.07) is 6.55. The van der Waals surface area contributed by atoms with Crippen molar-refractivity contribution in [1.29, 1.82) is 0 Å².